The molecule has 1 amide bonds. The van der Waals surface area contributed by atoms with Crippen LogP contribution in [0.15, 0.2) is 12.1 Å². The van der Waals surface area contributed by atoms with Gasteiger partial charge in [-0.2, -0.15) is 0 Å². The molecule has 2 aliphatic heterocycles. The number of carboxylic acids is 1. The number of aliphatic carboxylic acids is 1. The molecule has 106 valence electrons. The average Bonchev–Trinajstić information content (AvgIpc) is 2.85. The number of anilines is 1. The van der Waals surface area contributed by atoms with Gasteiger partial charge in [0, 0.05) is 25.3 Å². The third kappa shape index (κ3) is 1.76. The summed E-state index contributed by atoms with van der Waals surface area (Å²) in [5.74, 6) is -0.525. The summed E-state index contributed by atoms with van der Waals surface area (Å²) in [7, 11) is 0. The summed E-state index contributed by atoms with van der Waals surface area (Å²) in [5, 5.41) is 9.33. The summed E-state index contributed by atoms with van der Waals surface area (Å²) in [6, 6.07) is 3.63. The molecular formula is C14H16N2O4. The Hall–Kier alpha value is -2.08. The molecule has 0 radical (unpaired) electrons. The third-order valence-corrected chi connectivity index (χ3v) is 3.96. The number of nitrogens with zero attached hydrogens (tertiary/aromatic N) is 1. The van der Waals surface area contributed by atoms with Gasteiger partial charge in [0.1, 0.15) is 11.3 Å². The summed E-state index contributed by atoms with van der Waals surface area (Å²) >= 11 is 0. The number of ether oxygens (including phenoxy) is 1. The minimum Gasteiger partial charge on any atom is -0.493 e. The van der Waals surface area contributed by atoms with Crippen LogP contribution >= 0.6 is 0 Å². The van der Waals surface area contributed by atoms with Crippen molar-refractivity contribution in [1.82, 2.24) is 0 Å². The first-order valence-corrected chi connectivity index (χ1v) is 6.50. The topological polar surface area (TPSA) is 92.9 Å². The molecule has 3 rings (SSSR count). The van der Waals surface area contributed by atoms with E-state index in [0.717, 1.165) is 29.0 Å². The van der Waals surface area contributed by atoms with Crippen LogP contribution in [0.2, 0.25) is 0 Å². The number of nitrogens with two attached hydrogens (primary N) is 1. The lowest BCUT2D eigenvalue weighted by atomic mass is 9.84. The fourth-order valence-electron chi connectivity index (χ4n) is 2.95. The molecule has 0 aromatic heterocycles. The number of carboxylic acid groups (broad SMARTS) is 1. The Labute approximate surface area is 116 Å². The lowest BCUT2D eigenvalue weighted by Gasteiger charge is -2.39. The summed E-state index contributed by atoms with van der Waals surface area (Å²) < 4.78 is 5.51. The number of carbonyl (C=O) groups is 2. The van der Waals surface area contributed by atoms with Crippen molar-refractivity contribution in [3.63, 3.8) is 0 Å². The van der Waals surface area contributed by atoms with Gasteiger partial charge >= 0.3 is 5.97 Å². The number of hydrogen-bond donors (Lipinski definition) is 2. The van der Waals surface area contributed by atoms with E-state index in [2.05, 4.69) is 0 Å². The molecule has 0 fully saturated rings. The van der Waals surface area contributed by atoms with Crippen LogP contribution in [0.5, 0.6) is 5.75 Å². The highest BCUT2D eigenvalue weighted by Gasteiger charge is 2.43. The van der Waals surface area contributed by atoms with Crippen LogP contribution in [-0.4, -0.2) is 35.7 Å². The molecular weight excluding hydrogens is 260 g/mol. The Morgan fingerprint density at radius 2 is 2.20 bits per heavy atom. The summed E-state index contributed by atoms with van der Waals surface area (Å²) in [5.41, 5.74) is 7.08. The molecule has 1 atom stereocenters. The monoisotopic (exact) mass is 276 g/mol. The van der Waals surface area contributed by atoms with Gasteiger partial charge in [-0.1, -0.05) is 6.07 Å². The number of benzene rings is 1. The first-order valence-electron chi connectivity index (χ1n) is 6.50. The van der Waals surface area contributed by atoms with Crippen molar-refractivity contribution in [2.24, 2.45) is 5.73 Å². The van der Waals surface area contributed by atoms with E-state index < -0.39 is 11.5 Å². The van der Waals surface area contributed by atoms with Crippen molar-refractivity contribution in [1.29, 1.82) is 0 Å². The van der Waals surface area contributed by atoms with Gasteiger partial charge in [0.25, 0.3) is 0 Å². The molecule has 2 heterocycles. The molecule has 6 nitrogen and oxygen atoms in total. The van der Waals surface area contributed by atoms with Gasteiger partial charge in [0.05, 0.1) is 18.8 Å². The molecule has 0 aliphatic carbocycles. The van der Waals surface area contributed by atoms with Crippen LogP contribution < -0.4 is 15.4 Å². The fraction of sp³-hybridized carbons (Fsp3) is 0.429. The van der Waals surface area contributed by atoms with Gasteiger partial charge in [-0.3, -0.25) is 9.59 Å². The summed E-state index contributed by atoms with van der Waals surface area (Å²) in [6.07, 6.45) is 0.946. The Morgan fingerprint density at radius 3 is 2.85 bits per heavy atom. The van der Waals surface area contributed by atoms with Crippen LogP contribution in [0.25, 0.3) is 0 Å². The molecule has 0 saturated heterocycles. The van der Waals surface area contributed by atoms with E-state index in [0.29, 0.717) is 6.61 Å². The maximum absolute atomic E-state index is 11.9. The molecule has 3 N–H and O–H groups in total. The maximum Gasteiger partial charge on any atom is 0.325 e. The van der Waals surface area contributed by atoms with Crippen LogP contribution in [0.4, 0.5) is 5.69 Å². The number of amides is 1. The zero-order chi connectivity index (χ0) is 14.5. The standard InChI is InChI=1S/C14H16N2O4/c1-8(17)16-7-14(15,13(18)19)6-9-2-3-11-10(12(9)16)4-5-20-11/h2-3H,4-7,15H2,1H3,(H,18,19). The van der Waals surface area contributed by atoms with Crippen molar-refractivity contribution in [3.8, 4) is 5.75 Å². The molecule has 20 heavy (non-hydrogen) atoms. The maximum atomic E-state index is 11.9. The van der Waals surface area contributed by atoms with Gasteiger partial charge < -0.3 is 20.5 Å². The first kappa shape index (κ1) is 12.9. The normalized spacial score (nSPS) is 23.8. The minimum atomic E-state index is -1.44. The van der Waals surface area contributed by atoms with Crippen molar-refractivity contribution in [2.45, 2.75) is 25.3 Å². The second-order valence-corrected chi connectivity index (χ2v) is 5.39. The zero-order valence-corrected chi connectivity index (χ0v) is 11.2. The van der Waals surface area contributed by atoms with Gasteiger partial charge in [0.15, 0.2) is 0 Å². The predicted octanol–water partition coefficient (Wildman–Crippen LogP) is 0.313. The quantitative estimate of drug-likeness (QED) is 0.770. The molecule has 6 heteroatoms. The highest BCUT2D eigenvalue weighted by atomic mass is 16.5. The van der Waals surface area contributed by atoms with Gasteiger partial charge in [-0.15, -0.1) is 0 Å². The van der Waals surface area contributed by atoms with E-state index in [4.69, 9.17) is 10.5 Å². The number of fused-ring (bicyclic) bond motifs is 3. The van der Waals surface area contributed by atoms with Crippen molar-refractivity contribution >= 4 is 17.6 Å². The second kappa shape index (κ2) is 4.21. The van der Waals surface area contributed by atoms with E-state index in [1.807, 2.05) is 6.07 Å². The van der Waals surface area contributed by atoms with Crippen LogP contribution in [-0.2, 0) is 22.4 Å². The van der Waals surface area contributed by atoms with E-state index in [1.54, 1.807) is 6.07 Å². The van der Waals surface area contributed by atoms with Crippen molar-refractivity contribution in [2.75, 3.05) is 18.1 Å². The van der Waals surface area contributed by atoms with Crippen LogP contribution in [0, 0.1) is 0 Å². The first-order chi connectivity index (χ1) is 9.42. The number of rotatable bonds is 1. The number of carbonyl (C=O) groups excluding carboxylic acids is 1. The summed E-state index contributed by atoms with van der Waals surface area (Å²) in [6.45, 7) is 2.00. The van der Waals surface area contributed by atoms with Gasteiger partial charge in [-0.25, -0.2) is 0 Å². The lowest BCUT2D eigenvalue weighted by molar-refractivity contribution is -0.143. The van der Waals surface area contributed by atoms with Crippen LogP contribution in [0.3, 0.4) is 0 Å². The minimum absolute atomic E-state index is 0.0128. The van der Waals surface area contributed by atoms with E-state index in [1.165, 1.54) is 11.8 Å². The molecule has 1 unspecified atom stereocenters. The fourth-order valence-corrected chi connectivity index (χ4v) is 2.95. The molecule has 0 saturated carbocycles. The van der Waals surface area contributed by atoms with Gasteiger partial charge in [0.2, 0.25) is 5.91 Å². The van der Waals surface area contributed by atoms with Crippen molar-refractivity contribution in [3.05, 3.63) is 23.3 Å². The highest BCUT2D eigenvalue weighted by molar-refractivity contribution is 5.97. The van der Waals surface area contributed by atoms with E-state index in [-0.39, 0.29) is 18.9 Å². The lowest BCUT2D eigenvalue weighted by Crippen LogP contribution is -2.61. The average molecular weight is 276 g/mol. The smallest absolute Gasteiger partial charge is 0.325 e. The Morgan fingerprint density at radius 1 is 1.45 bits per heavy atom. The van der Waals surface area contributed by atoms with Crippen LogP contribution in [0.1, 0.15) is 18.1 Å². The predicted molar refractivity (Wildman–Crippen MR) is 71.9 cm³/mol. The van der Waals surface area contributed by atoms with Crippen molar-refractivity contribution < 1.29 is 19.4 Å². The van der Waals surface area contributed by atoms with Gasteiger partial charge in [-0.05, 0) is 11.6 Å². The third-order valence-electron chi connectivity index (χ3n) is 3.96. The summed E-state index contributed by atoms with van der Waals surface area (Å²) in [4.78, 5) is 24.8. The second-order valence-electron chi connectivity index (χ2n) is 5.39. The molecule has 0 bridgehead atoms. The Kier molecular flexibility index (Phi) is 2.72. The Bertz CT molecular complexity index is 613. The largest absolute Gasteiger partial charge is 0.493 e. The Balaban J connectivity index is 2.16. The SMILES string of the molecule is CC(=O)N1CC(N)(C(=O)O)Cc2ccc3c(c21)CCO3. The highest BCUT2D eigenvalue weighted by Crippen LogP contribution is 2.41. The molecule has 2 aliphatic rings. The van der Waals surface area contributed by atoms with E-state index >= 15 is 0 Å². The molecule has 1 aromatic rings. The molecule has 1 aromatic carbocycles. The number of hydrogen-bond acceptors (Lipinski definition) is 4. The molecule has 0 spiro atoms. The van der Waals surface area contributed by atoms with E-state index in [9.17, 15) is 14.7 Å². The zero-order valence-electron chi connectivity index (χ0n) is 11.2.